The van der Waals surface area contributed by atoms with Gasteiger partial charge in [0.05, 0.1) is 31.8 Å². The van der Waals surface area contributed by atoms with Crippen molar-refractivity contribution < 1.29 is 14.3 Å². The van der Waals surface area contributed by atoms with Crippen molar-refractivity contribution >= 4 is 11.8 Å². The summed E-state index contributed by atoms with van der Waals surface area (Å²) in [5.41, 5.74) is 1.18. The molecule has 1 N–H and O–H groups in total. The van der Waals surface area contributed by atoms with Gasteiger partial charge in [-0.1, -0.05) is 13.0 Å². The molecule has 21 heavy (non-hydrogen) atoms. The van der Waals surface area contributed by atoms with Gasteiger partial charge in [0, 0.05) is 0 Å². The lowest BCUT2D eigenvalue weighted by Gasteiger charge is -2.31. The number of ether oxygens (including phenoxy) is 1. The summed E-state index contributed by atoms with van der Waals surface area (Å²) in [5.74, 6) is -0.0119. The van der Waals surface area contributed by atoms with E-state index in [9.17, 15) is 9.59 Å². The molecule has 0 saturated carbocycles. The predicted octanol–water partition coefficient (Wildman–Crippen LogP) is 0.804. The van der Waals surface area contributed by atoms with Gasteiger partial charge in [0.1, 0.15) is 11.8 Å². The zero-order chi connectivity index (χ0) is 15.4. The fourth-order valence-corrected chi connectivity index (χ4v) is 2.30. The first-order valence-electron chi connectivity index (χ1n) is 6.75. The van der Waals surface area contributed by atoms with E-state index in [1.165, 1.54) is 12.0 Å². The molecule has 0 bridgehead atoms. The number of carbonyl (C=O) groups is 2. The molecule has 1 atom stereocenters. The van der Waals surface area contributed by atoms with Gasteiger partial charge in [-0.05, 0) is 24.1 Å². The molecule has 1 unspecified atom stereocenters. The normalized spacial score (nSPS) is 18.5. The Morgan fingerprint density at radius 2 is 2.24 bits per heavy atom. The summed E-state index contributed by atoms with van der Waals surface area (Å²) in [4.78, 5) is 25.4. The Kier molecular flexibility index (Phi) is 4.55. The summed E-state index contributed by atoms with van der Waals surface area (Å²) < 4.78 is 5.14. The second-order valence-electron chi connectivity index (χ2n) is 4.81. The zero-order valence-electron chi connectivity index (χ0n) is 12.0. The number of nitrogens with zero attached hydrogens (tertiary/aromatic N) is 2. The molecule has 1 aliphatic rings. The van der Waals surface area contributed by atoms with Crippen LogP contribution in [0, 0.1) is 11.3 Å². The summed E-state index contributed by atoms with van der Waals surface area (Å²) in [6.07, 6.45) is 0.638. The number of imide groups is 1. The van der Waals surface area contributed by atoms with Crippen molar-refractivity contribution in [2.75, 3.05) is 13.7 Å². The van der Waals surface area contributed by atoms with Crippen LogP contribution >= 0.6 is 0 Å². The summed E-state index contributed by atoms with van der Waals surface area (Å²) >= 11 is 0. The Hall–Kier alpha value is -2.39. The molecule has 1 heterocycles. The summed E-state index contributed by atoms with van der Waals surface area (Å²) in [6, 6.07) is 6.75. The lowest BCUT2D eigenvalue weighted by atomic mass is 10.1. The first kappa shape index (κ1) is 15.0. The monoisotopic (exact) mass is 287 g/mol. The molecule has 1 aliphatic heterocycles. The van der Waals surface area contributed by atoms with Crippen LogP contribution in [0.3, 0.4) is 0 Å². The van der Waals surface area contributed by atoms with Crippen LogP contribution in [0.15, 0.2) is 18.2 Å². The van der Waals surface area contributed by atoms with Crippen LogP contribution in [-0.4, -0.2) is 36.4 Å². The number of carbonyl (C=O) groups excluding carboxylic acids is 2. The molecule has 2 rings (SSSR count). The van der Waals surface area contributed by atoms with E-state index in [4.69, 9.17) is 10.00 Å². The highest BCUT2D eigenvalue weighted by Gasteiger charge is 2.32. The van der Waals surface area contributed by atoms with E-state index in [1.54, 1.807) is 18.2 Å². The van der Waals surface area contributed by atoms with Gasteiger partial charge >= 0.3 is 0 Å². The average molecular weight is 287 g/mol. The third-order valence-electron chi connectivity index (χ3n) is 3.50. The fourth-order valence-electron chi connectivity index (χ4n) is 2.30. The molecular formula is C15H17N3O3. The number of hydrogen-bond donors (Lipinski definition) is 1. The Labute approximate surface area is 123 Å². The van der Waals surface area contributed by atoms with Crippen LogP contribution < -0.4 is 10.1 Å². The fraction of sp³-hybridized carbons (Fsp3) is 0.400. The van der Waals surface area contributed by atoms with E-state index in [0.29, 0.717) is 17.7 Å². The Balaban J connectivity index is 2.22. The van der Waals surface area contributed by atoms with Crippen LogP contribution in [0.25, 0.3) is 0 Å². The van der Waals surface area contributed by atoms with Crippen LogP contribution in [0.4, 0.5) is 0 Å². The van der Waals surface area contributed by atoms with Gasteiger partial charge in [-0.25, -0.2) is 0 Å². The molecule has 1 fully saturated rings. The molecule has 0 aromatic heterocycles. The number of amides is 2. The Morgan fingerprint density at radius 1 is 1.48 bits per heavy atom. The van der Waals surface area contributed by atoms with Gasteiger partial charge in [0.2, 0.25) is 11.8 Å². The third-order valence-corrected chi connectivity index (χ3v) is 3.50. The second-order valence-corrected chi connectivity index (χ2v) is 4.81. The highest BCUT2D eigenvalue weighted by atomic mass is 16.5. The topological polar surface area (TPSA) is 82.4 Å². The molecule has 6 nitrogen and oxygen atoms in total. The van der Waals surface area contributed by atoms with Crippen molar-refractivity contribution in [2.24, 2.45) is 0 Å². The molecule has 0 spiro atoms. The van der Waals surface area contributed by atoms with E-state index in [0.717, 1.165) is 5.56 Å². The quantitative estimate of drug-likeness (QED) is 0.828. The van der Waals surface area contributed by atoms with Gasteiger partial charge in [-0.3, -0.25) is 19.8 Å². The van der Waals surface area contributed by atoms with Crippen molar-refractivity contribution in [2.45, 2.75) is 25.9 Å². The second kappa shape index (κ2) is 6.37. The van der Waals surface area contributed by atoms with E-state index in [2.05, 4.69) is 5.32 Å². The number of nitrogens with one attached hydrogen (secondary N) is 1. The van der Waals surface area contributed by atoms with Crippen LogP contribution in [0.5, 0.6) is 5.75 Å². The molecule has 6 heteroatoms. The van der Waals surface area contributed by atoms with E-state index < -0.39 is 0 Å². The summed E-state index contributed by atoms with van der Waals surface area (Å²) in [6.45, 7) is 2.25. The van der Waals surface area contributed by atoms with Crippen LogP contribution in [0.2, 0.25) is 0 Å². The maximum absolute atomic E-state index is 12.2. The maximum atomic E-state index is 12.2. The molecule has 1 aromatic rings. The minimum atomic E-state index is -0.317. The third kappa shape index (κ3) is 3.03. The van der Waals surface area contributed by atoms with E-state index in [1.807, 2.05) is 13.0 Å². The van der Waals surface area contributed by atoms with Crippen molar-refractivity contribution in [3.63, 3.8) is 0 Å². The molecule has 1 saturated heterocycles. The first-order chi connectivity index (χ1) is 10.1. The van der Waals surface area contributed by atoms with Crippen molar-refractivity contribution in [3.8, 4) is 11.8 Å². The van der Waals surface area contributed by atoms with Gasteiger partial charge in [-0.2, -0.15) is 5.26 Å². The van der Waals surface area contributed by atoms with E-state index >= 15 is 0 Å². The highest BCUT2D eigenvalue weighted by Crippen LogP contribution is 2.21. The number of hydrogen-bond acceptors (Lipinski definition) is 5. The van der Waals surface area contributed by atoms with Crippen molar-refractivity contribution in [1.82, 2.24) is 10.2 Å². The number of piperazine rings is 1. The lowest BCUT2D eigenvalue weighted by molar-refractivity contribution is -0.150. The van der Waals surface area contributed by atoms with Gasteiger partial charge in [0.15, 0.2) is 0 Å². The van der Waals surface area contributed by atoms with Crippen molar-refractivity contribution in [1.29, 1.82) is 5.26 Å². The Morgan fingerprint density at radius 3 is 2.86 bits per heavy atom. The standard InChI is InChI=1S/C15H17N3O3/c1-3-12-15(20)18(14(19)8-17-12)9-10-4-5-11(7-16)13(6-10)21-2/h4-6,12,17H,3,8-9H2,1-2H3. The molecule has 2 amide bonds. The minimum Gasteiger partial charge on any atom is -0.495 e. The van der Waals surface area contributed by atoms with Crippen molar-refractivity contribution in [3.05, 3.63) is 29.3 Å². The molecular weight excluding hydrogens is 270 g/mol. The van der Waals surface area contributed by atoms with E-state index in [-0.39, 0.29) is 30.9 Å². The van der Waals surface area contributed by atoms with Crippen LogP contribution in [-0.2, 0) is 16.1 Å². The molecule has 1 aromatic carbocycles. The van der Waals surface area contributed by atoms with Crippen LogP contribution in [0.1, 0.15) is 24.5 Å². The summed E-state index contributed by atoms with van der Waals surface area (Å²) in [5, 5.41) is 11.9. The maximum Gasteiger partial charge on any atom is 0.246 e. The Bertz CT molecular complexity index is 607. The largest absolute Gasteiger partial charge is 0.495 e. The highest BCUT2D eigenvalue weighted by molar-refractivity contribution is 6.01. The number of methoxy groups -OCH3 is 1. The number of nitriles is 1. The average Bonchev–Trinajstić information content (AvgIpc) is 2.51. The minimum absolute atomic E-state index is 0.164. The lowest BCUT2D eigenvalue weighted by Crippen LogP contribution is -2.57. The first-order valence-corrected chi connectivity index (χ1v) is 6.75. The SMILES string of the molecule is CCC1NCC(=O)N(Cc2ccc(C#N)c(OC)c2)C1=O. The molecule has 110 valence electrons. The van der Waals surface area contributed by atoms with Gasteiger partial charge in [-0.15, -0.1) is 0 Å². The predicted molar refractivity (Wildman–Crippen MR) is 75.3 cm³/mol. The zero-order valence-corrected chi connectivity index (χ0v) is 12.0. The molecule has 0 radical (unpaired) electrons. The van der Waals surface area contributed by atoms with Gasteiger partial charge in [0.25, 0.3) is 0 Å². The van der Waals surface area contributed by atoms with Gasteiger partial charge < -0.3 is 4.74 Å². The summed E-state index contributed by atoms with van der Waals surface area (Å²) in [7, 11) is 1.48. The number of benzene rings is 1. The number of rotatable bonds is 4. The molecule has 0 aliphatic carbocycles. The smallest absolute Gasteiger partial charge is 0.246 e.